The summed E-state index contributed by atoms with van der Waals surface area (Å²) < 4.78 is 26.6. The van der Waals surface area contributed by atoms with Gasteiger partial charge in [0.2, 0.25) is 5.91 Å². The van der Waals surface area contributed by atoms with E-state index >= 15 is 0 Å². The zero-order valence-corrected chi connectivity index (χ0v) is 17.7. The van der Waals surface area contributed by atoms with Crippen molar-refractivity contribution in [2.45, 2.75) is 19.4 Å². The lowest BCUT2D eigenvalue weighted by Gasteiger charge is -2.35. The molecule has 0 saturated carbocycles. The summed E-state index contributed by atoms with van der Waals surface area (Å²) in [6.45, 7) is 1.25. The summed E-state index contributed by atoms with van der Waals surface area (Å²) in [6, 6.07) is 15.2. The predicted molar refractivity (Wildman–Crippen MR) is 117 cm³/mol. The van der Waals surface area contributed by atoms with E-state index in [0.717, 1.165) is 4.88 Å². The zero-order valence-electron chi connectivity index (χ0n) is 16.8. The molecule has 1 unspecified atom stereocenters. The molecule has 1 saturated heterocycles. The summed E-state index contributed by atoms with van der Waals surface area (Å²) in [5.74, 6) is -1.41. The largest absolute Gasteiger partial charge is 0.338 e. The number of halogens is 2. The number of hydrogen-bond acceptors (Lipinski definition) is 3. The molecule has 4 rings (SSSR count). The number of carbonyl (C=O) groups excluding carboxylic acids is 2. The first-order valence-corrected chi connectivity index (χ1v) is 11.0. The molecule has 0 bridgehead atoms. The van der Waals surface area contributed by atoms with E-state index in [2.05, 4.69) is 0 Å². The van der Waals surface area contributed by atoms with Crippen molar-refractivity contribution in [2.24, 2.45) is 5.92 Å². The Bertz CT molecular complexity index is 1040. The summed E-state index contributed by atoms with van der Waals surface area (Å²) in [6.07, 6.45) is 1.38. The van der Waals surface area contributed by atoms with Gasteiger partial charge in [-0.2, -0.15) is 0 Å². The standard InChI is InChI=1S/C24H22F2N2O2S/c25-19-7-5-17(6-8-19)23(29)27-13-1-3-18(15-27)24(30)28(16-22-4-2-14-31-22)21-11-9-20(26)10-12-21/h2,4-12,14,18H,1,3,13,15-16H2. The van der Waals surface area contributed by atoms with Gasteiger partial charge in [0.25, 0.3) is 5.91 Å². The van der Waals surface area contributed by atoms with E-state index in [1.165, 1.54) is 36.4 Å². The number of carbonyl (C=O) groups is 2. The fourth-order valence-electron chi connectivity index (χ4n) is 3.83. The molecule has 160 valence electrons. The Morgan fingerprint density at radius 1 is 1.00 bits per heavy atom. The highest BCUT2D eigenvalue weighted by Crippen LogP contribution is 2.26. The first-order chi connectivity index (χ1) is 15.0. The molecule has 2 amide bonds. The van der Waals surface area contributed by atoms with Gasteiger partial charge in [-0.25, -0.2) is 8.78 Å². The van der Waals surface area contributed by atoms with Gasteiger partial charge in [0, 0.05) is 29.2 Å². The zero-order chi connectivity index (χ0) is 21.8. The quantitative estimate of drug-likeness (QED) is 0.553. The SMILES string of the molecule is O=C(c1ccc(F)cc1)N1CCCC(C(=O)N(Cc2cccs2)c2ccc(F)cc2)C1. The fourth-order valence-corrected chi connectivity index (χ4v) is 4.53. The molecule has 0 N–H and O–H groups in total. The van der Waals surface area contributed by atoms with Crippen LogP contribution in [0, 0.1) is 17.6 Å². The van der Waals surface area contributed by atoms with Crippen molar-refractivity contribution in [3.8, 4) is 0 Å². The summed E-state index contributed by atoms with van der Waals surface area (Å²) in [4.78, 5) is 30.7. The number of nitrogens with zero attached hydrogens (tertiary/aromatic N) is 2. The highest BCUT2D eigenvalue weighted by Gasteiger charge is 2.32. The summed E-state index contributed by atoms with van der Waals surface area (Å²) in [5, 5.41) is 1.95. The molecular formula is C24H22F2N2O2S. The van der Waals surface area contributed by atoms with Gasteiger partial charge in [-0.05, 0) is 72.8 Å². The van der Waals surface area contributed by atoms with Crippen molar-refractivity contribution >= 4 is 28.8 Å². The Morgan fingerprint density at radius 3 is 2.32 bits per heavy atom. The molecule has 4 nitrogen and oxygen atoms in total. The summed E-state index contributed by atoms with van der Waals surface area (Å²) in [5.41, 5.74) is 1.03. The van der Waals surface area contributed by atoms with Crippen LogP contribution in [0.25, 0.3) is 0 Å². The second-order valence-corrected chi connectivity index (χ2v) is 8.61. The van der Waals surface area contributed by atoms with E-state index in [1.54, 1.807) is 33.3 Å². The van der Waals surface area contributed by atoms with E-state index in [9.17, 15) is 18.4 Å². The highest BCUT2D eigenvalue weighted by atomic mass is 32.1. The molecule has 2 aromatic carbocycles. The van der Waals surface area contributed by atoms with Gasteiger partial charge in [0.1, 0.15) is 11.6 Å². The van der Waals surface area contributed by atoms with Crippen LogP contribution >= 0.6 is 11.3 Å². The number of thiophene rings is 1. The van der Waals surface area contributed by atoms with Gasteiger partial charge in [-0.1, -0.05) is 6.07 Å². The maximum atomic E-state index is 13.5. The first-order valence-electron chi connectivity index (χ1n) is 10.2. The second kappa shape index (κ2) is 9.39. The third kappa shape index (κ3) is 4.99. The minimum absolute atomic E-state index is 0.0865. The Balaban J connectivity index is 1.53. The topological polar surface area (TPSA) is 40.6 Å². The van der Waals surface area contributed by atoms with Gasteiger partial charge in [0.15, 0.2) is 0 Å². The smallest absolute Gasteiger partial charge is 0.253 e. The second-order valence-electron chi connectivity index (χ2n) is 7.58. The molecular weight excluding hydrogens is 418 g/mol. The third-order valence-electron chi connectivity index (χ3n) is 5.45. The number of rotatable bonds is 5. The van der Waals surface area contributed by atoms with Crippen molar-refractivity contribution in [3.63, 3.8) is 0 Å². The molecule has 1 aromatic heterocycles. The molecule has 31 heavy (non-hydrogen) atoms. The van der Waals surface area contributed by atoms with Crippen LogP contribution in [0.15, 0.2) is 66.0 Å². The summed E-state index contributed by atoms with van der Waals surface area (Å²) in [7, 11) is 0. The molecule has 1 aliphatic rings. The number of likely N-dealkylation sites (tertiary alicyclic amines) is 1. The van der Waals surface area contributed by atoms with Crippen molar-refractivity contribution in [3.05, 3.63) is 88.1 Å². The Labute approximate surface area is 183 Å². The van der Waals surface area contributed by atoms with Crippen LogP contribution in [-0.2, 0) is 11.3 Å². The molecule has 0 spiro atoms. The van der Waals surface area contributed by atoms with Crippen LogP contribution in [0.4, 0.5) is 14.5 Å². The molecule has 7 heteroatoms. The molecule has 0 radical (unpaired) electrons. The van der Waals surface area contributed by atoms with Gasteiger partial charge >= 0.3 is 0 Å². The fraction of sp³-hybridized carbons (Fsp3) is 0.250. The minimum atomic E-state index is -0.397. The van der Waals surface area contributed by atoms with Crippen molar-refractivity contribution in [1.82, 2.24) is 4.90 Å². The predicted octanol–water partition coefficient (Wildman–Crippen LogP) is 5.11. The lowest BCUT2D eigenvalue weighted by atomic mass is 9.95. The molecule has 1 aliphatic heterocycles. The van der Waals surface area contributed by atoms with E-state index < -0.39 is 5.82 Å². The average Bonchev–Trinajstić information content (AvgIpc) is 3.31. The lowest BCUT2D eigenvalue weighted by Crippen LogP contribution is -2.46. The monoisotopic (exact) mass is 440 g/mol. The van der Waals surface area contributed by atoms with Crippen LogP contribution in [0.1, 0.15) is 28.1 Å². The summed E-state index contributed by atoms with van der Waals surface area (Å²) >= 11 is 1.55. The number of piperidine rings is 1. The van der Waals surface area contributed by atoms with Gasteiger partial charge < -0.3 is 9.80 Å². The number of anilines is 1. The average molecular weight is 441 g/mol. The molecule has 0 aliphatic carbocycles. The molecule has 2 heterocycles. The highest BCUT2D eigenvalue weighted by molar-refractivity contribution is 7.09. The lowest BCUT2D eigenvalue weighted by molar-refractivity contribution is -0.123. The van der Waals surface area contributed by atoms with E-state index in [4.69, 9.17) is 0 Å². The van der Waals surface area contributed by atoms with Gasteiger partial charge in [-0.3, -0.25) is 9.59 Å². The van der Waals surface area contributed by atoms with Crippen LogP contribution in [-0.4, -0.2) is 29.8 Å². The van der Waals surface area contributed by atoms with E-state index in [1.807, 2.05) is 17.5 Å². The van der Waals surface area contributed by atoms with Crippen LogP contribution in [0.3, 0.4) is 0 Å². The maximum absolute atomic E-state index is 13.5. The van der Waals surface area contributed by atoms with Crippen molar-refractivity contribution < 1.29 is 18.4 Å². The Hall–Kier alpha value is -3.06. The Morgan fingerprint density at radius 2 is 1.68 bits per heavy atom. The van der Waals surface area contributed by atoms with Crippen LogP contribution < -0.4 is 4.90 Å². The number of hydrogen-bond donors (Lipinski definition) is 0. The van der Waals surface area contributed by atoms with Gasteiger partial charge in [0.05, 0.1) is 12.5 Å². The molecule has 3 aromatic rings. The normalized spacial score (nSPS) is 16.2. The van der Waals surface area contributed by atoms with E-state index in [0.29, 0.717) is 43.7 Å². The molecule has 1 fully saturated rings. The molecule has 1 atom stereocenters. The van der Waals surface area contributed by atoms with Crippen LogP contribution in [0.2, 0.25) is 0 Å². The number of amides is 2. The number of benzene rings is 2. The van der Waals surface area contributed by atoms with Crippen molar-refractivity contribution in [2.75, 3.05) is 18.0 Å². The first kappa shape index (κ1) is 21.2. The van der Waals surface area contributed by atoms with E-state index in [-0.39, 0.29) is 23.5 Å². The van der Waals surface area contributed by atoms with Crippen molar-refractivity contribution in [1.29, 1.82) is 0 Å². The van der Waals surface area contributed by atoms with Gasteiger partial charge in [-0.15, -0.1) is 11.3 Å². The van der Waals surface area contributed by atoms with Crippen LogP contribution in [0.5, 0.6) is 0 Å². The minimum Gasteiger partial charge on any atom is -0.338 e. The Kier molecular flexibility index (Phi) is 6.42. The maximum Gasteiger partial charge on any atom is 0.253 e. The third-order valence-corrected chi connectivity index (χ3v) is 6.31.